The van der Waals surface area contributed by atoms with E-state index >= 15 is 0 Å². The molecule has 5 aromatic rings. The summed E-state index contributed by atoms with van der Waals surface area (Å²) in [6, 6.07) is 30.5. The number of rotatable bonds is 6. The number of benzene rings is 4. The van der Waals surface area contributed by atoms with Crippen molar-refractivity contribution >= 4 is 21.6 Å². The van der Waals surface area contributed by atoms with Crippen LogP contribution < -0.4 is 5.14 Å². The van der Waals surface area contributed by atoms with Gasteiger partial charge in [-0.3, -0.25) is 9.59 Å². The zero-order chi connectivity index (χ0) is 28.0. The number of nitrogens with zero attached hydrogens (tertiary/aromatic N) is 1. The number of sulfonamides is 1. The molecular formula is C33H26N2O4S. The summed E-state index contributed by atoms with van der Waals surface area (Å²) in [7, 11) is -3.91. The van der Waals surface area contributed by atoms with Crippen molar-refractivity contribution in [2.45, 2.75) is 24.7 Å². The van der Waals surface area contributed by atoms with Gasteiger partial charge >= 0.3 is 0 Å². The average molecular weight is 547 g/mol. The summed E-state index contributed by atoms with van der Waals surface area (Å²) < 4.78 is 25.9. The van der Waals surface area contributed by atoms with Crippen molar-refractivity contribution in [2.75, 3.05) is 0 Å². The van der Waals surface area contributed by atoms with E-state index in [9.17, 15) is 18.0 Å². The van der Waals surface area contributed by atoms with Crippen molar-refractivity contribution in [1.29, 1.82) is 0 Å². The van der Waals surface area contributed by atoms with E-state index < -0.39 is 10.0 Å². The fraction of sp³-hybridized carbons (Fsp3) is 0.0909. The van der Waals surface area contributed by atoms with Gasteiger partial charge in [-0.05, 0) is 47.4 Å². The third-order valence-corrected chi connectivity index (χ3v) is 8.21. The summed E-state index contributed by atoms with van der Waals surface area (Å²) in [5.41, 5.74) is 5.84. The van der Waals surface area contributed by atoms with Crippen LogP contribution in [0, 0.1) is 0 Å². The van der Waals surface area contributed by atoms with Crippen LogP contribution in [0.5, 0.6) is 0 Å². The van der Waals surface area contributed by atoms with Gasteiger partial charge in [0.1, 0.15) is 0 Å². The van der Waals surface area contributed by atoms with Crippen molar-refractivity contribution < 1.29 is 18.0 Å². The number of primary sulfonamides is 1. The molecule has 0 bridgehead atoms. The first kappa shape index (κ1) is 25.7. The molecule has 0 unspecified atom stereocenters. The number of carbonyl (C=O) groups excluding carboxylic acids is 2. The van der Waals surface area contributed by atoms with Crippen LogP contribution in [0.3, 0.4) is 0 Å². The number of nitrogens with two attached hydrogens (primary N) is 1. The Kier molecular flexibility index (Phi) is 6.33. The molecule has 2 N–H and O–H groups in total. The molecule has 198 valence electrons. The van der Waals surface area contributed by atoms with Crippen LogP contribution >= 0.6 is 0 Å². The molecule has 0 spiro atoms. The van der Waals surface area contributed by atoms with E-state index in [-0.39, 0.29) is 16.5 Å². The highest BCUT2D eigenvalue weighted by Gasteiger charge is 2.39. The Morgan fingerprint density at radius 1 is 0.650 bits per heavy atom. The SMILES string of the molecule is CCCc1ccc(-c2c3c(c(-c4ccccc4)n2-c2ccc(S(N)(=O)=O)cc2)C(=O)c2ccccc2C3=O)cc1. The Hall–Kier alpha value is -4.59. The lowest BCUT2D eigenvalue weighted by molar-refractivity contribution is 0.0981. The lowest BCUT2D eigenvalue weighted by atomic mass is 9.82. The third kappa shape index (κ3) is 4.20. The van der Waals surface area contributed by atoms with Crippen LogP contribution in [0.1, 0.15) is 50.8 Å². The lowest BCUT2D eigenvalue weighted by Crippen LogP contribution is -2.20. The van der Waals surface area contributed by atoms with Gasteiger partial charge in [-0.25, -0.2) is 13.6 Å². The minimum atomic E-state index is -3.91. The maximum absolute atomic E-state index is 14.2. The highest BCUT2D eigenvalue weighted by molar-refractivity contribution is 7.89. The van der Waals surface area contributed by atoms with Crippen molar-refractivity contribution in [3.05, 3.63) is 131 Å². The van der Waals surface area contributed by atoms with Crippen molar-refractivity contribution in [3.63, 3.8) is 0 Å². The first-order chi connectivity index (χ1) is 19.3. The lowest BCUT2D eigenvalue weighted by Gasteiger charge is -2.16. The second-order valence-electron chi connectivity index (χ2n) is 9.84. The quantitative estimate of drug-likeness (QED) is 0.269. The number of hydrogen-bond acceptors (Lipinski definition) is 4. The van der Waals surface area contributed by atoms with Crippen LogP contribution in [0.15, 0.2) is 108 Å². The van der Waals surface area contributed by atoms with E-state index in [2.05, 4.69) is 6.92 Å². The summed E-state index contributed by atoms with van der Waals surface area (Å²) in [4.78, 5) is 28.3. The average Bonchev–Trinajstić information content (AvgIpc) is 3.33. The van der Waals surface area contributed by atoms with Gasteiger partial charge in [0.2, 0.25) is 10.0 Å². The fourth-order valence-corrected chi connectivity index (χ4v) is 5.98. The van der Waals surface area contributed by atoms with Crippen molar-refractivity contribution in [1.82, 2.24) is 4.57 Å². The van der Waals surface area contributed by atoms with Gasteiger partial charge in [-0.1, -0.05) is 92.2 Å². The molecular weight excluding hydrogens is 520 g/mol. The van der Waals surface area contributed by atoms with E-state index in [1.54, 1.807) is 36.4 Å². The molecule has 4 aromatic carbocycles. The van der Waals surface area contributed by atoms with Gasteiger partial charge in [0.25, 0.3) is 0 Å². The summed E-state index contributed by atoms with van der Waals surface area (Å²) in [5, 5.41) is 5.37. The maximum Gasteiger partial charge on any atom is 0.238 e. The molecule has 0 fully saturated rings. The molecule has 0 aliphatic heterocycles. The number of hydrogen-bond donors (Lipinski definition) is 1. The number of ketones is 2. The molecule has 40 heavy (non-hydrogen) atoms. The number of aryl methyl sites for hydroxylation is 1. The molecule has 0 saturated heterocycles. The highest BCUT2D eigenvalue weighted by Crippen LogP contribution is 2.44. The van der Waals surface area contributed by atoms with E-state index in [4.69, 9.17) is 5.14 Å². The van der Waals surface area contributed by atoms with E-state index in [1.165, 1.54) is 17.7 Å². The van der Waals surface area contributed by atoms with E-state index in [0.717, 1.165) is 24.0 Å². The molecule has 1 aromatic heterocycles. The number of carbonyl (C=O) groups is 2. The van der Waals surface area contributed by atoms with Gasteiger partial charge in [0, 0.05) is 16.8 Å². The summed E-state index contributed by atoms with van der Waals surface area (Å²) in [6.45, 7) is 2.12. The van der Waals surface area contributed by atoms with Gasteiger partial charge < -0.3 is 4.57 Å². The second-order valence-corrected chi connectivity index (χ2v) is 11.4. The first-order valence-electron chi connectivity index (χ1n) is 13.0. The van der Waals surface area contributed by atoms with Gasteiger partial charge in [0.05, 0.1) is 27.4 Å². The van der Waals surface area contributed by atoms with Gasteiger partial charge in [0.15, 0.2) is 11.6 Å². The van der Waals surface area contributed by atoms with Crippen molar-refractivity contribution in [3.8, 4) is 28.2 Å². The zero-order valence-corrected chi connectivity index (χ0v) is 22.6. The molecule has 6 rings (SSSR count). The highest BCUT2D eigenvalue weighted by atomic mass is 32.2. The predicted octanol–water partition coefficient (Wildman–Crippen LogP) is 6.19. The number of aromatic nitrogens is 1. The second kappa shape index (κ2) is 9.86. The third-order valence-electron chi connectivity index (χ3n) is 7.28. The number of fused-ring (bicyclic) bond motifs is 2. The molecule has 6 nitrogen and oxygen atoms in total. The monoisotopic (exact) mass is 546 g/mol. The maximum atomic E-state index is 14.2. The Bertz CT molecular complexity index is 1890. The van der Waals surface area contributed by atoms with E-state index in [1.807, 2.05) is 59.2 Å². The smallest absolute Gasteiger partial charge is 0.238 e. The minimum absolute atomic E-state index is 0.0283. The van der Waals surface area contributed by atoms with Gasteiger partial charge in [-0.2, -0.15) is 0 Å². The largest absolute Gasteiger partial charge is 0.308 e. The summed E-state index contributed by atoms with van der Waals surface area (Å²) in [6.07, 6.45) is 1.93. The summed E-state index contributed by atoms with van der Waals surface area (Å²) in [5.74, 6) is -0.456. The Labute approximate surface area is 232 Å². The van der Waals surface area contributed by atoms with Crippen LogP contribution in [0.2, 0.25) is 0 Å². The molecule has 7 heteroatoms. The van der Waals surface area contributed by atoms with Crippen LogP contribution in [-0.2, 0) is 16.4 Å². The summed E-state index contributed by atoms with van der Waals surface area (Å²) >= 11 is 0. The van der Waals surface area contributed by atoms with Crippen LogP contribution in [0.25, 0.3) is 28.2 Å². The molecule has 0 atom stereocenters. The minimum Gasteiger partial charge on any atom is -0.308 e. The molecule has 0 saturated carbocycles. The fourth-order valence-electron chi connectivity index (χ4n) is 5.47. The zero-order valence-electron chi connectivity index (χ0n) is 21.8. The van der Waals surface area contributed by atoms with E-state index in [0.29, 0.717) is 39.3 Å². The predicted molar refractivity (Wildman–Crippen MR) is 155 cm³/mol. The molecule has 1 heterocycles. The standard InChI is InChI=1S/C33H26N2O4S/c1-2-8-21-13-15-23(16-14-21)31-29-28(32(36)26-11-6-7-12-27(26)33(29)37)30(22-9-4-3-5-10-22)35(31)24-17-19-25(20-18-24)40(34,38)39/h3-7,9-20H,2,8H2,1H3,(H2,34,38,39). The normalized spacial score (nSPS) is 12.8. The topological polar surface area (TPSA) is 99.2 Å². The Balaban J connectivity index is 1.74. The Morgan fingerprint density at radius 2 is 1.15 bits per heavy atom. The van der Waals surface area contributed by atoms with Crippen LogP contribution in [0.4, 0.5) is 0 Å². The molecule has 1 aliphatic carbocycles. The van der Waals surface area contributed by atoms with Crippen LogP contribution in [-0.4, -0.2) is 24.6 Å². The molecule has 0 radical (unpaired) electrons. The van der Waals surface area contributed by atoms with Gasteiger partial charge in [-0.15, -0.1) is 0 Å². The first-order valence-corrected chi connectivity index (χ1v) is 14.6. The molecule has 1 aliphatic rings. The Morgan fingerprint density at radius 3 is 1.65 bits per heavy atom. The van der Waals surface area contributed by atoms with Crippen molar-refractivity contribution in [2.24, 2.45) is 5.14 Å². The molecule has 0 amide bonds.